The van der Waals surface area contributed by atoms with E-state index in [1.54, 1.807) is 18.2 Å². The topological polar surface area (TPSA) is 37.3 Å². The zero-order chi connectivity index (χ0) is 14.5. The predicted octanol–water partition coefficient (Wildman–Crippen LogP) is 4.33. The van der Waals surface area contributed by atoms with Gasteiger partial charge < -0.3 is 5.11 Å². The van der Waals surface area contributed by atoms with Crippen LogP contribution in [0, 0.1) is 0 Å². The fourth-order valence-corrected chi connectivity index (χ4v) is 2.19. The van der Waals surface area contributed by atoms with Gasteiger partial charge in [0, 0.05) is 17.5 Å². The van der Waals surface area contributed by atoms with Gasteiger partial charge in [-0.05, 0) is 24.0 Å². The Morgan fingerprint density at radius 1 is 1.15 bits per heavy atom. The van der Waals surface area contributed by atoms with E-state index in [1.165, 1.54) is 5.56 Å². The van der Waals surface area contributed by atoms with Crippen LogP contribution in [0.15, 0.2) is 48.5 Å². The van der Waals surface area contributed by atoms with E-state index in [2.05, 4.69) is 13.8 Å². The summed E-state index contributed by atoms with van der Waals surface area (Å²) in [4.78, 5) is 12.2. The van der Waals surface area contributed by atoms with E-state index >= 15 is 0 Å². The molecule has 1 atom stereocenters. The summed E-state index contributed by atoms with van der Waals surface area (Å²) in [6.07, 6.45) is 1.27. The number of aromatic hydroxyl groups is 1. The van der Waals surface area contributed by atoms with Gasteiger partial charge in [-0.15, -0.1) is 0 Å². The highest BCUT2D eigenvalue weighted by Crippen LogP contribution is 2.26. The molecule has 2 nitrogen and oxygen atoms in total. The van der Waals surface area contributed by atoms with Crippen LogP contribution in [0.5, 0.6) is 5.75 Å². The van der Waals surface area contributed by atoms with Crippen molar-refractivity contribution in [3.63, 3.8) is 0 Å². The molecule has 0 fully saturated rings. The number of carbonyl (C=O) groups is 1. The molecule has 0 aromatic heterocycles. The average molecular weight is 268 g/mol. The lowest BCUT2D eigenvalue weighted by Crippen LogP contribution is -2.04. The molecule has 2 aromatic carbocycles. The first-order valence-electron chi connectivity index (χ1n) is 7.01. The van der Waals surface area contributed by atoms with Crippen molar-refractivity contribution in [1.29, 1.82) is 0 Å². The van der Waals surface area contributed by atoms with E-state index in [0.717, 1.165) is 6.42 Å². The summed E-state index contributed by atoms with van der Waals surface area (Å²) in [7, 11) is 0. The van der Waals surface area contributed by atoms with E-state index < -0.39 is 0 Å². The maximum atomic E-state index is 12.2. The molecule has 2 rings (SSSR count). The number of phenols is 1. The van der Waals surface area contributed by atoms with Crippen LogP contribution in [0.4, 0.5) is 0 Å². The molecule has 0 saturated carbocycles. The molecule has 0 saturated heterocycles. The number of benzene rings is 2. The zero-order valence-corrected chi connectivity index (χ0v) is 12.0. The summed E-state index contributed by atoms with van der Waals surface area (Å²) in [5, 5.41) is 9.93. The van der Waals surface area contributed by atoms with Crippen molar-refractivity contribution in [2.75, 3.05) is 0 Å². The number of ketones is 1. The van der Waals surface area contributed by atoms with Gasteiger partial charge in [-0.3, -0.25) is 4.79 Å². The Morgan fingerprint density at radius 3 is 2.50 bits per heavy atom. The molecule has 0 amide bonds. The van der Waals surface area contributed by atoms with Gasteiger partial charge in [0.05, 0.1) is 0 Å². The second-order valence-electron chi connectivity index (χ2n) is 5.16. The van der Waals surface area contributed by atoms with E-state index in [4.69, 9.17) is 0 Å². The summed E-state index contributed by atoms with van der Waals surface area (Å²) >= 11 is 0. The Balaban J connectivity index is 2.22. The van der Waals surface area contributed by atoms with E-state index in [0.29, 0.717) is 17.0 Å². The molecule has 1 N–H and O–H groups in total. The predicted molar refractivity (Wildman–Crippen MR) is 81.3 cm³/mol. The standard InChI is InChI=1S/C18H20O2/c1-3-13(2)15-9-10-17(19)16(11-15)12-18(20)14-7-5-4-6-8-14/h4-11,13,19H,3,12H2,1-2H3. The number of rotatable bonds is 5. The molecule has 104 valence electrons. The highest BCUT2D eigenvalue weighted by Gasteiger charge is 2.12. The number of hydrogen-bond acceptors (Lipinski definition) is 2. The Bertz CT molecular complexity index is 588. The van der Waals surface area contributed by atoms with E-state index in [9.17, 15) is 9.90 Å². The van der Waals surface area contributed by atoms with Gasteiger partial charge in [0.25, 0.3) is 0 Å². The second-order valence-corrected chi connectivity index (χ2v) is 5.16. The van der Waals surface area contributed by atoms with Crippen molar-refractivity contribution in [2.45, 2.75) is 32.6 Å². The third-order valence-electron chi connectivity index (χ3n) is 3.73. The largest absolute Gasteiger partial charge is 0.508 e. The van der Waals surface area contributed by atoms with Gasteiger partial charge in [-0.25, -0.2) is 0 Å². The highest BCUT2D eigenvalue weighted by molar-refractivity contribution is 5.97. The Hall–Kier alpha value is -2.09. The van der Waals surface area contributed by atoms with E-state index in [1.807, 2.05) is 30.3 Å². The Kier molecular flexibility index (Phi) is 4.57. The van der Waals surface area contributed by atoms with Crippen molar-refractivity contribution in [3.8, 4) is 5.75 Å². The van der Waals surface area contributed by atoms with Crippen molar-refractivity contribution >= 4 is 5.78 Å². The van der Waals surface area contributed by atoms with Crippen LogP contribution in [0.1, 0.15) is 47.7 Å². The number of phenolic OH excluding ortho intramolecular Hbond substituents is 1. The lowest BCUT2D eigenvalue weighted by Gasteiger charge is -2.12. The van der Waals surface area contributed by atoms with Gasteiger partial charge in [0.2, 0.25) is 0 Å². The molecule has 20 heavy (non-hydrogen) atoms. The summed E-state index contributed by atoms with van der Waals surface area (Å²) in [6, 6.07) is 14.8. The molecule has 0 aliphatic heterocycles. The van der Waals surface area contributed by atoms with Crippen LogP contribution in [-0.4, -0.2) is 10.9 Å². The molecule has 2 aromatic rings. The minimum Gasteiger partial charge on any atom is -0.508 e. The fraction of sp³-hybridized carbons (Fsp3) is 0.278. The van der Waals surface area contributed by atoms with Crippen molar-refractivity contribution in [3.05, 3.63) is 65.2 Å². The van der Waals surface area contributed by atoms with Gasteiger partial charge in [-0.2, -0.15) is 0 Å². The zero-order valence-electron chi connectivity index (χ0n) is 12.0. The normalized spacial score (nSPS) is 12.1. The first-order chi connectivity index (χ1) is 9.61. The van der Waals surface area contributed by atoms with E-state index in [-0.39, 0.29) is 18.0 Å². The quantitative estimate of drug-likeness (QED) is 0.819. The van der Waals surface area contributed by atoms with Gasteiger partial charge in [0.1, 0.15) is 5.75 Å². The third kappa shape index (κ3) is 3.27. The summed E-state index contributed by atoms with van der Waals surface area (Å²) in [5.74, 6) is 0.657. The summed E-state index contributed by atoms with van der Waals surface area (Å²) in [6.45, 7) is 4.28. The lowest BCUT2D eigenvalue weighted by atomic mass is 9.94. The van der Waals surface area contributed by atoms with Crippen LogP contribution in [-0.2, 0) is 6.42 Å². The van der Waals surface area contributed by atoms with Crippen molar-refractivity contribution < 1.29 is 9.90 Å². The third-order valence-corrected chi connectivity index (χ3v) is 3.73. The molecular weight excluding hydrogens is 248 g/mol. The van der Waals surface area contributed by atoms with Gasteiger partial charge >= 0.3 is 0 Å². The van der Waals surface area contributed by atoms with Crippen LogP contribution in [0.25, 0.3) is 0 Å². The van der Waals surface area contributed by atoms with Gasteiger partial charge in [0.15, 0.2) is 5.78 Å². The van der Waals surface area contributed by atoms with Crippen LogP contribution >= 0.6 is 0 Å². The number of carbonyl (C=O) groups excluding carboxylic acids is 1. The highest BCUT2D eigenvalue weighted by atomic mass is 16.3. The minimum absolute atomic E-state index is 0.0298. The lowest BCUT2D eigenvalue weighted by molar-refractivity contribution is 0.0992. The maximum Gasteiger partial charge on any atom is 0.167 e. The van der Waals surface area contributed by atoms with Crippen LogP contribution < -0.4 is 0 Å². The number of Topliss-reactive ketones (excluding diaryl/α,β-unsaturated/α-hetero) is 1. The monoisotopic (exact) mass is 268 g/mol. The van der Waals surface area contributed by atoms with Crippen LogP contribution in [0.3, 0.4) is 0 Å². The SMILES string of the molecule is CCC(C)c1ccc(O)c(CC(=O)c2ccccc2)c1. The molecule has 1 unspecified atom stereocenters. The molecule has 0 radical (unpaired) electrons. The van der Waals surface area contributed by atoms with Crippen molar-refractivity contribution in [2.24, 2.45) is 0 Å². The molecule has 0 aliphatic carbocycles. The first-order valence-corrected chi connectivity index (χ1v) is 7.01. The summed E-state index contributed by atoms with van der Waals surface area (Å²) < 4.78 is 0. The summed E-state index contributed by atoms with van der Waals surface area (Å²) in [5.41, 5.74) is 2.55. The molecule has 0 aliphatic rings. The molecule has 2 heteroatoms. The maximum absolute atomic E-state index is 12.2. The Labute approximate surface area is 120 Å². The molecule has 0 spiro atoms. The molecule has 0 heterocycles. The van der Waals surface area contributed by atoms with Crippen LogP contribution in [0.2, 0.25) is 0 Å². The first kappa shape index (κ1) is 14.3. The molecular formula is C18H20O2. The number of hydrogen-bond donors (Lipinski definition) is 1. The smallest absolute Gasteiger partial charge is 0.167 e. The average Bonchev–Trinajstić information content (AvgIpc) is 2.49. The minimum atomic E-state index is 0.0298. The second kappa shape index (κ2) is 6.38. The molecule has 0 bridgehead atoms. The van der Waals surface area contributed by atoms with Gasteiger partial charge in [-0.1, -0.05) is 56.3 Å². The van der Waals surface area contributed by atoms with Crippen molar-refractivity contribution in [1.82, 2.24) is 0 Å². The Morgan fingerprint density at radius 2 is 1.85 bits per heavy atom. The fourth-order valence-electron chi connectivity index (χ4n) is 2.19.